The highest BCUT2D eigenvalue weighted by Gasteiger charge is 2.47. The standard InChI is InChI=1S/C19H28O/c1-12(20)15-10-14-7-9-17-16-5-3-2-4-13(16)6-8-18(17)19(14)11-15/h2-3,12,14-15,17-20H,4-11H2,1H3/t12?,14-,15?,17-,18-,19-/m1/s1. The Kier molecular flexibility index (Phi) is 3.29. The highest BCUT2D eigenvalue weighted by Crippen LogP contribution is 2.56. The van der Waals surface area contributed by atoms with Crippen molar-refractivity contribution in [3.63, 3.8) is 0 Å². The van der Waals surface area contributed by atoms with Crippen molar-refractivity contribution in [2.24, 2.45) is 29.6 Å². The maximum absolute atomic E-state index is 9.96. The van der Waals surface area contributed by atoms with Crippen LogP contribution in [0.3, 0.4) is 0 Å². The summed E-state index contributed by atoms with van der Waals surface area (Å²) in [6.45, 7) is 2.01. The molecule has 0 aromatic carbocycles. The van der Waals surface area contributed by atoms with Gasteiger partial charge in [0, 0.05) is 0 Å². The number of hydrogen-bond donors (Lipinski definition) is 1. The first-order valence-electron chi connectivity index (χ1n) is 8.78. The van der Waals surface area contributed by atoms with E-state index in [1.807, 2.05) is 12.5 Å². The molecule has 0 saturated heterocycles. The molecule has 0 aromatic rings. The van der Waals surface area contributed by atoms with Crippen LogP contribution in [0, 0.1) is 29.6 Å². The SMILES string of the molecule is CC(O)C1C[C@H]2CC[C@@H]3C4=C(CC=CC4)CC[C@H]3[C@@H]2C1. The van der Waals surface area contributed by atoms with Gasteiger partial charge in [0.25, 0.3) is 0 Å². The van der Waals surface area contributed by atoms with Crippen LogP contribution in [0.25, 0.3) is 0 Å². The maximum Gasteiger partial charge on any atom is 0.0540 e. The number of fused-ring (bicyclic) bond motifs is 4. The zero-order valence-electron chi connectivity index (χ0n) is 12.7. The van der Waals surface area contributed by atoms with Gasteiger partial charge in [0.05, 0.1) is 6.10 Å². The van der Waals surface area contributed by atoms with Crippen LogP contribution in [-0.4, -0.2) is 11.2 Å². The van der Waals surface area contributed by atoms with E-state index in [1.54, 1.807) is 5.57 Å². The van der Waals surface area contributed by atoms with E-state index < -0.39 is 0 Å². The molecule has 4 rings (SSSR count). The molecule has 1 N–H and O–H groups in total. The van der Waals surface area contributed by atoms with Crippen LogP contribution in [0.1, 0.15) is 58.3 Å². The van der Waals surface area contributed by atoms with E-state index in [4.69, 9.17) is 0 Å². The molecule has 4 aliphatic rings. The Morgan fingerprint density at radius 1 is 1.05 bits per heavy atom. The van der Waals surface area contributed by atoms with Gasteiger partial charge in [-0.3, -0.25) is 0 Å². The van der Waals surface area contributed by atoms with Gasteiger partial charge in [0.2, 0.25) is 0 Å². The third-order valence-electron chi connectivity index (χ3n) is 6.93. The zero-order valence-corrected chi connectivity index (χ0v) is 12.7. The Bertz CT molecular complexity index is 445. The Hall–Kier alpha value is -0.560. The lowest BCUT2D eigenvalue weighted by molar-refractivity contribution is 0.107. The van der Waals surface area contributed by atoms with Crippen LogP contribution >= 0.6 is 0 Å². The van der Waals surface area contributed by atoms with Crippen molar-refractivity contribution in [1.82, 2.24) is 0 Å². The molecule has 2 fully saturated rings. The van der Waals surface area contributed by atoms with Crippen molar-refractivity contribution in [2.45, 2.75) is 64.4 Å². The van der Waals surface area contributed by atoms with E-state index in [0.29, 0.717) is 5.92 Å². The minimum Gasteiger partial charge on any atom is -0.393 e. The van der Waals surface area contributed by atoms with Crippen LogP contribution in [0.2, 0.25) is 0 Å². The average Bonchev–Trinajstić information content (AvgIpc) is 2.91. The molecule has 0 aliphatic heterocycles. The van der Waals surface area contributed by atoms with Crippen LogP contribution < -0.4 is 0 Å². The minimum absolute atomic E-state index is 0.0879. The maximum atomic E-state index is 9.96. The number of allylic oxidation sites excluding steroid dienone is 4. The molecule has 110 valence electrons. The van der Waals surface area contributed by atoms with Gasteiger partial charge in [-0.15, -0.1) is 0 Å². The summed E-state index contributed by atoms with van der Waals surface area (Å²) in [5, 5.41) is 9.96. The van der Waals surface area contributed by atoms with Crippen molar-refractivity contribution in [1.29, 1.82) is 0 Å². The molecule has 0 aromatic heterocycles. The molecule has 0 spiro atoms. The van der Waals surface area contributed by atoms with Crippen LogP contribution in [-0.2, 0) is 0 Å². The molecule has 1 nitrogen and oxygen atoms in total. The first-order valence-corrected chi connectivity index (χ1v) is 8.78. The third kappa shape index (κ3) is 2.01. The van der Waals surface area contributed by atoms with Gasteiger partial charge in [-0.25, -0.2) is 0 Å². The lowest BCUT2D eigenvalue weighted by atomic mass is 9.59. The Balaban J connectivity index is 1.56. The zero-order chi connectivity index (χ0) is 13.7. The number of aliphatic hydroxyl groups is 1. The van der Waals surface area contributed by atoms with E-state index in [-0.39, 0.29) is 6.10 Å². The third-order valence-corrected chi connectivity index (χ3v) is 6.93. The summed E-state index contributed by atoms with van der Waals surface area (Å²) < 4.78 is 0. The normalized spacial score (nSPS) is 44.8. The summed E-state index contributed by atoms with van der Waals surface area (Å²) in [6.07, 6.45) is 15.4. The summed E-state index contributed by atoms with van der Waals surface area (Å²) in [6, 6.07) is 0. The van der Waals surface area contributed by atoms with Crippen LogP contribution in [0.4, 0.5) is 0 Å². The Morgan fingerprint density at radius 3 is 2.75 bits per heavy atom. The molecule has 0 amide bonds. The van der Waals surface area contributed by atoms with Gasteiger partial charge < -0.3 is 5.11 Å². The fourth-order valence-electron chi connectivity index (χ4n) is 5.93. The second-order valence-corrected chi connectivity index (χ2v) is 7.79. The second-order valence-electron chi connectivity index (χ2n) is 7.79. The summed E-state index contributed by atoms with van der Waals surface area (Å²) >= 11 is 0. The monoisotopic (exact) mass is 272 g/mol. The van der Waals surface area contributed by atoms with Crippen molar-refractivity contribution < 1.29 is 5.11 Å². The van der Waals surface area contributed by atoms with E-state index in [2.05, 4.69) is 12.2 Å². The highest BCUT2D eigenvalue weighted by molar-refractivity contribution is 5.30. The molecule has 4 aliphatic carbocycles. The summed E-state index contributed by atoms with van der Waals surface area (Å²) in [5.74, 6) is 4.29. The van der Waals surface area contributed by atoms with Gasteiger partial charge in [-0.1, -0.05) is 23.3 Å². The van der Waals surface area contributed by atoms with Crippen molar-refractivity contribution in [3.05, 3.63) is 23.3 Å². The predicted octanol–water partition coefficient (Wildman–Crippen LogP) is 4.48. The molecule has 0 bridgehead atoms. The van der Waals surface area contributed by atoms with E-state index >= 15 is 0 Å². The lowest BCUT2D eigenvalue weighted by Crippen LogP contribution is -2.36. The van der Waals surface area contributed by atoms with Gasteiger partial charge in [-0.05, 0) is 87.9 Å². The smallest absolute Gasteiger partial charge is 0.0540 e. The molecule has 2 saturated carbocycles. The predicted molar refractivity (Wildman–Crippen MR) is 82.2 cm³/mol. The number of hydrogen-bond acceptors (Lipinski definition) is 1. The molecule has 0 heterocycles. The summed E-state index contributed by atoms with van der Waals surface area (Å²) in [7, 11) is 0. The fraction of sp³-hybridized carbons (Fsp3) is 0.789. The van der Waals surface area contributed by atoms with Crippen LogP contribution in [0.15, 0.2) is 23.3 Å². The molecule has 1 heteroatoms. The molecule has 6 atom stereocenters. The number of rotatable bonds is 1. The Labute approximate surface area is 123 Å². The molecule has 0 radical (unpaired) electrons. The average molecular weight is 272 g/mol. The Morgan fingerprint density at radius 2 is 1.90 bits per heavy atom. The summed E-state index contributed by atoms with van der Waals surface area (Å²) in [4.78, 5) is 0. The van der Waals surface area contributed by atoms with Crippen molar-refractivity contribution in [2.75, 3.05) is 0 Å². The van der Waals surface area contributed by atoms with E-state index in [1.165, 1.54) is 51.4 Å². The van der Waals surface area contributed by atoms with Gasteiger partial charge in [0.15, 0.2) is 0 Å². The van der Waals surface area contributed by atoms with E-state index in [9.17, 15) is 5.11 Å². The van der Waals surface area contributed by atoms with Crippen molar-refractivity contribution >= 4 is 0 Å². The van der Waals surface area contributed by atoms with Gasteiger partial charge in [-0.2, -0.15) is 0 Å². The highest BCUT2D eigenvalue weighted by atomic mass is 16.3. The molecular weight excluding hydrogens is 244 g/mol. The molecule has 2 unspecified atom stereocenters. The van der Waals surface area contributed by atoms with Gasteiger partial charge in [0.1, 0.15) is 0 Å². The second kappa shape index (κ2) is 5.02. The van der Waals surface area contributed by atoms with E-state index in [0.717, 1.165) is 23.7 Å². The number of aliphatic hydroxyl groups excluding tert-OH is 1. The lowest BCUT2D eigenvalue weighted by Gasteiger charge is -2.45. The molecule has 20 heavy (non-hydrogen) atoms. The van der Waals surface area contributed by atoms with Crippen molar-refractivity contribution in [3.8, 4) is 0 Å². The topological polar surface area (TPSA) is 20.2 Å². The first kappa shape index (κ1) is 13.1. The quantitative estimate of drug-likeness (QED) is 0.698. The minimum atomic E-state index is -0.0879. The first-order chi connectivity index (χ1) is 9.74. The fourth-order valence-corrected chi connectivity index (χ4v) is 5.93. The molecular formula is C19H28O. The van der Waals surface area contributed by atoms with Gasteiger partial charge >= 0.3 is 0 Å². The van der Waals surface area contributed by atoms with Crippen LogP contribution in [0.5, 0.6) is 0 Å². The summed E-state index contributed by atoms with van der Waals surface area (Å²) in [5.41, 5.74) is 3.62. The largest absolute Gasteiger partial charge is 0.393 e.